The van der Waals surface area contributed by atoms with Crippen molar-refractivity contribution in [2.45, 2.75) is 19.9 Å². The molecule has 1 unspecified atom stereocenters. The zero-order valence-electron chi connectivity index (χ0n) is 10.1. The highest BCUT2D eigenvalue weighted by Crippen LogP contribution is 2.24. The highest BCUT2D eigenvalue weighted by atomic mass is 15.3. The van der Waals surface area contributed by atoms with Crippen molar-refractivity contribution in [2.75, 3.05) is 0 Å². The molecule has 0 bridgehead atoms. The number of nitrogens with zero attached hydrogens (tertiary/aromatic N) is 4. The normalized spacial score (nSPS) is 13.1. The van der Waals surface area contributed by atoms with Crippen LogP contribution in [0.5, 0.6) is 0 Å². The summed E-state index contributed by atoms with van der Waals surface area (Å²) in [7, 11) is 3.83. The van der Waals surface area contributed by atoms with E-state index in [-0.39, 0.29) is 6.04 Å². The second-order valence-electron chi connectivity index (χ2n) is 4.07. The maximum Gasteiger partial charge on any atom is 0.0759 e. The van der Waals surface area contributed by atoms with Gasteiger partial charge in [0.05, 0.1) is 17.4 Å². The van der Waals surface area contributed by atoms with Crippen LogP contribution in [0.25, 0.3) is 0 Å². The fourth-order valence-corrected chi connectivity index (χ4v) is 2.08. The molecule has 5 heteroatoms. The summed E-state index contributed by atoms with van der Waals surface area (Å²) in [5.41, 5.74) is 10.4. The van der Waals surface area contributed by atoms with Crippen LogP contribution in [0, 0.1) is 13.8 Å². The summed E-state index contributed by atoms with van der Waals surface area (Å²) >= 11 is 0. The first-order valence-corrected chi connectivity index (χ1v) is 5.26. The Morgan fingerprint density at radius 3 is 2.38 bits per heavy atom. The predicted octanol–water partition coefficient (Wildman–Crippen LogP) is 0.819. The van der Waals surface area contributed by atoms with E-state index in [1.165, 1.54) is 0 Å². The molecule has 2 N–H and O–H groups in total. The lowest BCUT2D eigenvalue weighted by Crippen LogP contribution is -2.17. The minimum absolute atomic E-state index is 0.166. The van der Waals surface area contributed by atoms with E-state index in [1.807, 2.05) is 38.7 Å². The molecular weight excluding hydrogens is 202 g/mol. The molecular formula is C11H17N5. The van der Waals surface area contributed by atoms with Crippen molar-refractivity contribution in [2.24, 2.45) is 19.8 Å². The Hall–Kier alpha value is -1.62. The third-order valence-corrected chi connectivity index (χ3v) is 3.05. The second-order valence-corrected chi connectivity index (χ2v) is 4.07. The lowest BCUT2D eigenvalue weighted by molar-refractivity contribution is 0.667. The third-order valence-electron chi connectivity index (χ3n) is 3.05. The summed E-state index contributed by atoms with van der Waals surface area (Å²) in [5, 5.41) is 8.52. The van der Waals surface area contributed by atoms with Gasteiger partial charge in [0.25, 0.3) is 0 Å². The molecule has 0 aromatic carbocycles. The highest BCUT2D eigenvalue weighted by molar-refractivity contribution is 5.33. The third kappa shape index (κ3) is 1.53. The number of hydrogen-bond donors (Lipinski definition) is 1. The molecule has 0 aliphatic rings. The topological polar surface area (TPSA) is 61.7 Å². The standard InChI is InChI=1S/C11H17N5/c1-7-10(8(2)15(3)14-7)11(12)9-5-6-13-16(9)4/h5-6,11H,12H2,1-4H3. The SMILES string of the molecule is Cc1nn(C)c(C)c1C(N)c1ccnn1C. The first-order chi connectivity index (χ1) is 7.52. The molecule has 0 aliphatic carbocycles. The quantitative estimate of drug-likeness (QED) is 0.813. The van der Waals surface area contributed by atoms with E-state index in [9.17, 15) is 0 Å². The van der Waals surface area contributed by atoms with E-state index in [1.54, 1.807) is 10.9 Å². The summed E-state index contributed by atoms with van der Waals surface area (Å²) < 4.78 is 3.66. The summed E-state index contributed by atoms with van der Waals surface area (Å²) in [6, 6.07) is 1.78. The van der Waals surface area contributed by atoms with E-state index in [4.69, 9.17) is 5.73 Å². The van der Waals surface area contributed by atoms with Gasteiger partial charge in [-0.2, -0.15) is 10.2 Å². The van der Waals surface area contributed by atoms with Crippen molar-refractivity contribution in [3.05, 3.63) is 34.9 Å². The molecule has 0 saturated heterocycles. The average molecular weight is 219 g/mol. The van der Waals surface area contributed by atoms with Crippen LogP contribution in [0.2, 0.25) is 0 Å². The maximum atomic E-state index is 6.26. The van der Waals surface area contributed by atoms with Gasteiger partial charge in [-0.15, -0.1) is 0 Å². The molecule has 0 fully saturated rings. The Labute approximate surface area is 94.9 Å². The molecule has 5 nitrogen and oxygen atoms in total. The fourth-order valence-electron chi connectivity index (χ4n) is 2.08. The first kappa shape index (κ1) is 10.9. The predicted molar refractivity (Wildman–Crippen MR) is 61.9 cm³/mol. The van der Waals surface area contributed by atoms with E-state index >= 15 is 0 Å². The monoisotopic (exact) mass is 219 g/mol. The van der Waals surface area contributed by atoms with Gasteiger partial charge in [0.1, 0.15) is 0 Å². The van der Waals surface area contributed by atoms with Gasteiger partial charge in [0.2, 0.25) is 0 Å². The van der Waals surface area contributed by atoms with Crippen molar-refractivity contribution in [3.63, 3.8) is 0 Å². The molecule has 0 radical (unpaired) electrons. The Balaban J connectivity index is 2.49. The van der Waals surface area contributed by atoms with Gasteiger partial charge in [0, 0.05) is 31.5 Å². The number of rotatable bonds is 2. The number of hydrogen-bond acceptors (Lipinski definition) is 3. The molecule has 1 atom stereocenters. The van der Waals surface area contributed by atoms with Crippen LogP contribution < -0.4 is 5.73 Å². The van der Waals surface area contributed by atoms with E-state index < -0.39 is 0 Å². The summed E-state index contributed by atoms with van der Waals surface area (Å²) in [6.45, 7) is 4.02. The van der Waals surface area contributed by atoms with Crippen LogP contribution in [-0.2, 0) is 14.1 Å². The Morgan fingerprint density at radius 1 is 1.25 bits per heavy atom. The van der Waals surface area contributed by atoms with Crippen molar-refractivity contribution in [1.29, 1.82) is 0 Å². The fraction of sp³-hybridized carbons (Fsp3) is 0.455. The molecule has 2 heterocycles. The zero-order valence-corrected chi connectivity index (χ0v) is 10.1. The molecule has 16 heavy (non-hydrogen) atoms. The molecule has 0 aliphatic heterocycles. The molecule has 2 aromatic heterocycles. The van der Waals surface area contributed by atoms with Gasteiger partial charge in [-0.3, -0.25) is 9.36 Å². The first-order valence-electron chi connectivity index (χ1n) is 5.26. The minimum Gasteiger partial charge on any atom is -0.319 e. The Morgan fingerprint density at radius 2 is 1.94 bits per heavy atom. The lowest BCUT2D eigenvalue weighted by atomic mass is 10.0. The van der Waals surface area contributed by atoms with Crippen LogP contribution >= 0.6 is 0 Å². The van der Waals surface area contributed by atoms with Gasteiger partial charge in [-0.25, -0.2) is 0 Å². The second kappa shape index (κ2) is 3.75. The van der Waals surface area contributed by atoms with Crippen LogP contribution in [0.4, 0.5) is 0 Å². The van der Waals surface area contributed by atoms with Crippen LogP contribution in [0.15, 0.2) is 12.3 Å². The molecule has 0 amide bonds. The summed E-state index contributed by atoms with van der Waals surface area (Å²) in [6.07, 6.45) is 1.76. The van der Waals surface area contributed by atoms with E-state index in [2.05, 4.69) is 10.2 Å². The summed E-state index contributed by atoms with van der Waals surface area (Å²) in [4.78, 5) is 0. The molecule has 0 saturated carbocycles. The molecule has 86 valence electrons. The van der Waals surface area contributed by atoms with Gasteiger partial charge in [-0.05, 0) is 19.9 Å². The van der Waals surface area contributed by atoms with Gasteiger partial charge >= 0.3 is 0 Å². The van der Waals surface area contributed by atoms with Gasteiger partial charge in [-0.1, -0.05) is 0 Å². The molecule has 0 spiro atoms. The maximum absolute atomic E-state index is 6.26. The Bertz CT molecular complexity index is 508. The lowest BCUT2D eigenvalue weighted by Gasteiger charge is -2.12. The minimum atomic E-state index is -0.166. The van der Waals surface area contributed by atoms with Crippen LogP contribution in [0.1, 0.15) is 28.7 Å². The number of aryl methyl sites for hydroxylation is 3. The van der Waals surface area contributed by atoms with E-state index in [0.29, 0.717) is 0 Å². The van der Waals surface area contributed by atoms with Gasteiger partial charge in [0.15, 0.2) is 0 Å². The number of nitrogens with two attached hydrogens (primary N) is 1. The van der Waals surface area contributed by atoms with Gasteiger partial charge < -0.3 is 5.73 Å². The molecule has 2 aromatic rings. The van der Waals surface area contributed by atoms with Crippen LogP contribution in [0.3, 0.4) is 0 Å². The van der Waals surface area contributed by atoms with Crippen molar-refractivity contribution in [1.82, 2.24) is 19.6 Å². The average Bonchev–Trinajstić information content (AvgIpc) is 2.73. The number of aromatic nitrogens is 4. The van der Waals surface area contributed by atoms with Crippen molar-refractivity contribution < 1.29 is 0 Å². The van der Waals surface area contributed by atoms with Crippen molar-refractivity contribution >= 4 is 0 Å². The van der Waals surface area contributed by atoms with E-state index in [0.717, 1.165) is 22.6 Å². The Kier molecular flexibility index (Phi) is 2.55. The summed E-state index contributed by atoms with van der Waals surface area (Å²) in [5.74, 6) is 0. The van der Waals surface area contributed by atoms with Crippen LogP contribution in [-0.4, -0.2) is 19.6 Å². The zero-order chi connectivity index (χ0) is 11.9. The smallest absolute Gasteiger partial charge is 0.0759 e. The van der Waals surface area contributed by atoms with Crippen molar-refractivity contribution in [3.8, 4) is 0 Å². The highest BCUT2D eigenvalue weighted by Gasteiger charge is 2.20. The largest absolute Gasteiger partial charge is 0.319 e. The molecule has 2 rings (SSSR count).